The number of nitrogens with one attached hydrogen (secondary N) is 1. The van der Waals surface area contributed by atoms with Crippen LogP contribution >= 0.6 is 0 Å². The summed E-state index contributed by atoms with van der Waals surface area (Å²) in [7, 11) is 1.64. The Bertz CT molecular complexity index is 1900. The van der Waals surface area contributed by atoms with Gasteiger partial charge in [-0.1, -0.05) is 36.4 Å². The normalized spacial score (nSPS) is 12.7. The van der Waals surface area contributed by atoms with Gasteiger partial charge in [0.25, 0.3) is 11.8 Å². The lowest BCUT2D eigenvalue weighted by Gasteiger charge is -2.27. The van der Waals surface area contributed by atoms with E-state index >= 15 is 0 Å². The second-order valence-electron chi connectivity index (χ2n) is 9.49. The number of imide groups is 1. The molecule has 1 aliphatic rings. The van der Waals surface area contributed by atoms with E-state index in [9.17, 15) is 9.59 Å². The summed E-state index contributed by atoms with van der Waals surface area (Å²) in [5.41, 5.74) is 4.78. The number of methoxy groups -OCH3 is 1. The Morgan fingerprint density at radius 3 is 2.08 bits per heavy atom. The van der Waals surface area contributed by atoms with Crippen LogP contribution in [-0.4, -0.2) is 28.9 Å². The van der Waals surface area contributed by atoms with Gasteiger partial charge in [-0.2, -0.15) is 0 Å². The molecule has 0 aliphatic carbocycles. The molecule has 2 amide bonds. The molecular weight excluding hydrogens is 500 g/mol. The number of carbonyl (C=O) groups excluding carboxylic acids is 2. The van der Waals surface area contributed by atoms with Crippen molar-refractivity contribution in [3.63, 3.8) is 0 Å². The summed E-state index contributed by atoms with van der Waals surface area (Å²) in [4.78, 5) is 37.3. The van der Waals surface area contributed by atoms with Crippen LogP contribution in [-0.2, 0) is 0 Å². The Morgan fingerprint density at radius 2 is 1.40 bits per heavy atom. The van der Waals surface area contributed by atoms with Gasteiger partial charge in [0.2, 0.25) is 0 Å². The van der Waals surface area contributed by atoms with Gasteiger partial charge < -0.3 is 10.1 Å². The van der Waals surface area contributed by atoms with E-state index in [-0.39, 0.29) is 11.8 Å². The number of carbonyl (C=O) groups is 2. The Hall–Kier alpha value is -5.56. The molecule has 40 heavy (non-hydrogen) atoms. The molecule has 1 aliphatic heterocycles. The van der Waals surface area contributed by atoms with Gasteiger partial charge in [0.15, 0.2) is 5.65 Å². The highest BCUT2D eigenvalue weighted by molar-refractivity contribution is 6.35. The molecule has 0 bridgehead atoms. The number of nitrogens with zero attached hydrogens (tertiary/aromatic N) is 3. The zero-order valence-corrected chi connectivity index (χ0v) is 21.5. The van der Waals surface area contributed by atoms with Crippen molar-refractivity contribution in [1.82, 2.24) is 9.97 Å². The average molecular weight is 523 g/mol. The number of fused-ring (bicyclic) bond motifs is 1. The molecule has 0 saturated heterocycles. The van der Waals surface area contributed by atoms with Crippen molar-refractivity contribution in [2.24, 2.45) is 0 Å². The fourth-order valence-electron chi connectivity index (χ4n) is 5.19. The number of benzene rings is 4. The Morgan fingerprint density at radius 1 is 0.725 bits per heavy atom. The standard InChI is InChI=1S/C33H22N4O3/c1-40-25-16-10-20(11-17-25)28-19-22-7-4-18-34-30(22)36-31(28)35-23-12-14-24(15-13-23)37-32(38)26-8-2-5-21-6-3-9-27(29(21)26)33(37)39/h2-19H,1H3,(H,34,35,36). The summed E-state index contributed by atoms with van der Waals surface area (Å²) in [5, 5.41) is 5.91. The number of aromatic nitrogens is 2. The minimum absolute atomic E-state index is 0.334. The second kappa shape index (κ2) is 9.32. The molecule has 0 spiro atoms. The van der Waals surface area contributed by atoms with E-state index in [1.165, 1.54) is 4.90 Å². The van der Waals surface area contributed by atoms with Crippen molar-refractivity contribution in [3.05, 3.63) is 120 Å². The molecule has 4 aromatic carbocycles. The van der Waals surface area contributed by atoms with Gasteiger partial charge in [0.1, 0.15) is 11.6 Å². The number of anilines is 3. The van der Waals surface area contributed by atoms with Crippen molar-refractivity contribution < 1.29 is 14.3 Å². The number of hydrogen-bond acceptors (Lipinski definition) is 6. The summed E-state index contributed by atoms with van der Waals surface area (Å²) in [6, 6.07) is 31.9. The van der Waals surface area contributed by atoms with Crippen molar-refractivity contribution in [2.45, 2.75) is 0 Å². The number of hydrogen-bond donors (Lipinski definition) is 1. The minimum atomic E-state index is -0.334. The third-order valence-corrected chi connectivity index (χ3v) is 7.15. The molecule has 7 heteroatoms. The molecule has 192 valence electrons. The van der Waals surface area contributed by atoms with Gasteiger partial charge in [-0.25, -0.2) is 14.9 Å². The second-order valence-corrected chi connectivity index (χ2v) is 9.49. The first kappa shape index (κ1) is 23.5. The van der Waals surface area contributed by atoms with Crippen LogP contribution in [0, 0.1) is 0 Å². The Balaban J connectivity index is 1.24. The summed E-state index contributed by atoms with van der Waals surface area (Å²) in [6.07, 6.45) is 1.71. The van der Waals surface area contributed by atoms with Crippen LogP contribution in [0.3, 0.4) is 0 Å². The van der Waals surface area contributed by atoms with Crippen molar-refractivity contribution >= 4 is 50.8 Å². The first-order valence-electron chi connectivity index (χ1n) is 12.8. The summed E-state index contributed by atoms with van der Waals surface area (Å²) < 4.78 is 5.32. The molecule has 7 nitrogen and oxygen atoms in total. The highest BCUT2D eigenvalue weighted by Crippen LogP contribution is 2.35. The largest absolute Gasteiger partial charge is 0.497 e. The van der Waals surface area contributed by atoms with Gasteiger partial charge in [-0.3, -0.25) is 9.59 Å². The Labute approximate surface area is 229 Å². The van der Waals surface area contributed by atoms with Crippen LogP contribution in [0.5, 0.6) is 5.75 Å². The topological polar surface area (TPSA) is 84.4 Å². The van der Waals surface area contributed by atoms with Crippen LogP contribution in [0.25, 0.3) is 32.9 Å². The van der Waals surface area contributed by atoms with Crippen LogP contribution in [0.1, 0.15) is 20.7 Å². The molecule has 2 aromatic heterocycles. The predicted octanol–water partition coefficient (Wildman–Crippen LogP) is 7.00. The molecule has 0 saturated carbocycles. The van der Waals surface area contributed by atoms with E-state index in [2.05, 4.69) is 16.4 Å². The van der Waals surface area contributed by atoms with E-state index in [1.54, 1.807) is 37.6 Å². The monoisotopic (exact) mass is 522 g/mol. The number of rotatable bonds is 5. The molecular formula is C33H22N4O3. The van der Waals surface area contributed by atoms with Crippen molar-refractivity contribution in [3.8, 4) is 16.9 Å². The summed E-state index contributed by atoms with van der Waals surface area (Å²) in [6.45, 7) is 0. The maximum atomic E-state index is 13.4. The molecule has 0 atom stereocenters. The van der Waals surface area contributed by atoms with Crippen LogP contribution in [0.4, 0.5) is 17.2 Å². The van der Waals surface area contributed by atoms with Crippen molar-refractivity contribution in [2.75, 3.05) is 17.3 Å². The van der Waals surface area contributed by atoms with E-state index in [1.807, 2.05) is 72.8 Å². The minimum Gasteiger partial charge on any atom is -0.497 e. The van der Waals surface area contributed by atoms with Crippen LogP contribution in [0.2, 0.25) is 0 Å². The zero-order chi connectivity index (χ0) is 27.2. The third kappa shape index (κ3) is 3.84. The molecule has 0 radical (unpaired) electrons. The maximum Gasteiger partial charge on any atom is 0.265 e. The average Bonchev–Trinajstić information content (AvgIpc) is 3.00. The predicted molar refractivity (Wildman–Crippen MR) is 156 cm³/mol. The zero-order valence-electron chi connectivity index (χ0n) is 21.5. The number of amides is 2. The first-order valence-corrected chi connectivity index (χ1v) is 12.8. The van der Waals surface area contributed by atoms with Gasteiger partial charge in [0, 0.05) is 39.3 Å². The lowest BCUT2D eigenvalue weighted by Crippen LogP contribution is -2.40. The summed E-state index contributed by atoms with van der Waals surface area (Å²) >= 11 is 0. The molecule has 1 N–H and O–H groups in total. The fraction of sp³-hybridized carbons (Fsp3) is 0.0303. The lowest BCUT2D eigenvalue weighted by molar-refractivity contribution is 0.0893. The highest BCUT2D eigenvalue weighted by atomic mass is 16.5. The highest BCUT2D eigenvalue weighted by Gasteiger charge is 2.33. The van der Waals surface area contributed by atoms with Gasteiger partial charge in [-0.05, 0) is 77.7 Å². The molecule has 7 rings (SSSR count). The van der Waals surface area contributed by atoms with Gasteiger partial charge in [-0.15, -0.1) is 0 Å². The molecule has 0 fully saturated rings. The number of ether oxygens (including phenoxy) is 1. The third-order valence-electron chi connectivity index (χ3n) is 7.15. The van der Waals surface area contributed by atoms with E-state index < -0.39 is 0 Å². The fourth-order valence-corrected chi connectivity index (χ4v) is 5.19. The van der Waals surface area contributed by atoms with E-state index in [0.717, 1.165) is 33.3 Å². The first-order chi connectivity index (χ1) is 19.6. The maximum absolute atomic E-state index is 13.4. The Kier molecular flexibility index (Phi) is 5.49. The van der Waals surface area contributed by atoms with E-state index in [0.29, 0.717) is 33.7 Å². The SMILES string of the molecule is COc1ccc(-c2cc3cccnc3nc2Nc2ccc(N3C(=O)c4cccc5cccc(c45)C3=O)cc2)cc1. The molecule has 3 heterocycles. The molecule has 6 aromatic rings. The van der Waals surface area contributed by atoms with Crippen molar-refractivity contribution in [1.29, 1.82) is 0 Å². The van der Waals surface area contributed by atoms with E-state index in [4.69, 9.17) is 9.72 Å². The summed E-state index contributed by atoms with van der Waals surface area (Å²) in [5.74, 6) is 0.734. The quantitative estimate of drug-likeness (QED) is 0.245. The lowest BCUT2D eigenvalue weighted by atomic mass is 9.94. The molecule has 0 unspecified atom stereocenters. The van der Waals surface area contributed by atoms with Gasteiger partial charge in [0.05, 0.1) is 12.8 Å². The number of pyridine rings is 2. The van der Waals surface area contributed by atoms with Gasteiger partial charge >= 0.3 is 0 Å². The van der Waals surface area contributed by atoms with Crippen LogP contribution < -0.4 is 15.0 Å². The smallest absolute Gasteiger partial charge is 0.265 e. The van der Waals surface area contributed by atoms with Crippen LogP contribution in [0.15, 0.2) is 109 Å².